The standard InChI is InChI=1S/C21H14F4N4O2/c22-16-9-8-15(17-18(16)29-31-19(17)26)11-4-6-13(7-5-11)27-20(30)28-14-3-1-2-12(10-14)21(23,24)25/h1-10H,26H2,(H2,27,28,30). The number of carbonyl (C=O) groups excluding carboxylic acids is 1. The number of carbonyl (C=O) groups is 1. The molecule has 0 unspecified atom stereocenters. The lowest BCUT2D eigenvalue weighted by Crippen LogP contribution is -2.19. The number of aromatic nitrogens is 1. The second kappa shape index (κ2) is 7.63. The van der Waals surface area contributed by atoms with Gasteiger partial charge in [0.05, 0.1) is 10.9 Å². The lowest BCUT2D eigenvalue weighted by Gasteiger charge is -2.11. The first-order chi connectivity index (χ1) is 14.7. The van der Waals surface area contributed by atoms with Crippen molar-refractivity contribution in [1.29, 1.82) is 0 Å². The molecule has 0 bridgehead atoms. The molecule has 0 radical (unpaired) electrons. The molecule has 0 aliphatic rings. The molecule has 4 aromatic rings. The molecule has 158 valence electrons. The first-order valence-electron chi connectivity index (χ1n) is 8.91. The Bertz CT molecular complexity index is 1270. The molecule has 0 fully saturated rings. The van der Waals surface area contributed by atoms with E-state index in [1.165, 1.54) is 24.3 Å². The fraction of sp³-hybridized carbons (Fsp3) is 0.0476. The number of nitrogens with two attached hydrogens (primary N) is 1. The molecule has 3 aromatic carbocycles. The summed E-state index contributed by atoms with van der Waals surface area (Å²) in [5.74, 6) is -0.587. The Hall–Kier alpha value is -4.08. The molecule has 0 aliphatic heterocycles. The molecule has 1 heterocycles. The van der Waals surface area contributed by atoms with Crippen LogP contribution in [0.1, 0.15) is 5.56 Å². The fourth-order valence-corrected chi connectivity index (χ4v) is 3.09. The van der Waals surface area contributed by atoms with Gasteiger partial charge >= 0.3 is 12.2 Å². The molecule has 0 spiro atoms. The SMILES string of the molecule is Nc1onc2c(F)ccc(-c3ccc(NC(=O)Nc4cccc(C(F)(F)F)c4)cc3)c12. The zero-order valence-corrected chi connectivity index (χ0v) is 15.6. The number of hydrogen-bond donors (Lipinski definition) is 3. The topological polar surface area (TPSA) is 93.2 Å². The minimum absolute atomic E-state index is 0.000539. The van der Waals surface area contributed by atoms with Crippen LogP contribution < -0.4 is 16.4 Å². The Labute approximate surface area is 172 Å². The van der Waals surface area contributed by atoms with Crippen molar-refractivity contribution in [2.45, 2.75) is 6.18 Å². The van der Waals surface area contributed by atoms with Crippen LogP contribution in [-0.2, 0) is 6.18 Å². The molecule has 0 saturated heterocycles. The Balaban J connectivity index is 1.50. The van der Waals surface area contributed by atoms with Gasteiger partial charge in [-0.25, -0.2) is 9.18 Å². The highest BCUT2D eigenvalue weighted by atomic mass is 19.4. The number of alkyl halides is 3. The molecule has 4 N–H and O–H groups in total. The summed E-state index contributed by atoms with van der Waals surface area (Å²) in [6.07, 6.45) is -4.51. The van der Waals surface area contributed by atoms with Gasteiger partial charge in [0.2, 0.25) is 5.88 Å². The molecule has 1 aromatic heterocycles. The van der Waals surface area contributed by atoms with Gasteiger partial charge in [-0.3, -0.25) is 0 Å². The minimum Gasteiger partial charge on any atom is -0.367 e. The van der Waals surface area contributed by atoms with Gasteiger partial charge < -0.3 is 20.9 Å². The van der Waals surface area contributed by atoms with E-state index in [-0.39, 0.29) is 17.1 Å². The average molecular weight is 430 g/mol. The Morgan fingerprint density at radius 2 is 1.68 bits per heavy atom. The normalized spacial score (nSPS) is 11.5. The van der Waals surface area contributed by atoms with Crippen LogP contribution in [0.2, 0.25) is 0 Å². The van der Waals surface area contributed by atoms with Crippen molar-refractivity contribution in [3.8, 4) is 11.1 Å². The van der Waals surface area contributed by atoms with Crippen molar-refractivity contribution >= 4 is 34.2 Å². The highest BCUT2D eigenvalue weighted by Gasteiger charge is 2.30. The van der Waals surface area contributed by atoms with Gasteiger partial charge in [-0.2, -0.15) is 13.2 Å². The maximum Gasteiger partial charge on any atom is 0.416 e. The first-order valence-corrected chi connectivity index (χ1v) is 8.91. The van der Waals surface area contributed by atoms with Crippen LogP contribution in [0.3, 0.4) is 0 Å². The smallest absolute Gasteiger partial charge is 0.367 e. The molecule has 4 rings (SSSR count). The van der Waals surface area contributed by atoms with E-state index in [9.17, 15) is 22.4 Å². The number of nitrogens with one attached hydrogen (secondary N) is 2. The number of nitrogen functional groups attached to an aromatic ring is 1. The van der Waals surface area contributed by atoms with Gasteiger partial charge in [-0.15, -0.1) is 0 Å². The van der Waals surface area contributed by atoms with E-state index in [0.29, 0.717) is 22.2 Å². The van der Waals surface area contributed by atoms with Crippen molar-refractivity contribution in [1.82, 2.24) is 5.16 Å². The van der Waals surface area contributed by atoms with E-state index in [0.717, 1.165) is 12.1 Å². The van der Waals surface area contributed by atoms with Crippen LogP contribution in [-0.4, -0.2) is 11.2 Å². The van der Waals surface area contributed by atoms with E-state index in [1.54, 1.807) is 24.3 Å². The van der Waals surface area contributed by atoms with Crippen molar-refractivity contribution < 1.29 is 26.9 Å². The van der Waals surface area contributed by atoms with Gasteiger partial charge in [-0.05, 0) is 47.5 Å². The Kier molecular flexibility index (Phi) is 4.97. The van der Waals surface area contributed by atoms with Crippen molar-refractivity contribution in [2.75, 3.05) is 16.4 Å². The van der Waals surface area contributed by atoms with Crippen molar-refractivity contribution in [3.05, 3.63) is 72.0 Å². The highest BCUT2D eigenvalue weighted by Crippen LogP contribution is 2.34. The molecular formula is C21H14F4N4O2. The largest absolute Gasteiger partial charge is 0.416 e. The van der Waals surface area contributed by atoms with Crippen LogP contribution >= 0.6 is 0 Å². The van der Waals surface area contributed by atoms with Crippen LogP contribution in [0, 0.1) is 5.82 Å². The van der Waals surface area contributed by atoms with Gasteiger partial charge in [0.1, 0.15) is 0 Å². The summed E-state index contributed by atoms with van der Waals surface area (Å²) >= 11 is 0. The van der Waals surface area contributed by atoms with Crippen LogP contribution in [0.15, 0.2) is 65.2 Å². The van der Waals surface area contributed by atoms with Gasteiger partial charge in [0.15, 0.2) is 11.3 Å². The number of rotatable bonds is 3. The molecule has 0 atom stereocenters. The average Bonchev–Trinajstić information content (AvgIpc) is 3.11. The fourth-order valence-electron chi connectivity index (χ4n) is 3.09. The first kappa shape index (κ1) is 20.2. The summed E-state index contributed by atoms with van der Waals surface area (Å²) in [5.41, 5.74) is 6.56. The summed E-state index contributed by atoms with van der Waals surface area (Å²) in [6, 6.07) is 12.9. The number of halogens is 4. The van der Waals surface area contributed by atoms with Crippen LogP contribution in [0.4, 0.5) is 39.6 Å². The number of urea groups is 1. The van der Waals surface area contributed by atoms with Crippen LogP contribution in [0.5, 0.6) is 0 Å². The molecule has 0 saturated carbocycles. The summed E-state index contributed by atoms with van der Waals surface area (Å²) in [7, 11) is 0. The number of benzene rings is 3. The maximum atomic E-state index is 13.9. The predicted molar refractivity (Wildman–Crippen MR) is 108 cm³/mol. The van der Waals surface area contributed by atoms with E-state index in [1.807, 2.05) is 0 Å². The van der Waals surface area contributed by atoms with Crippen molar-refractivity contribution in [3.63, 3.8) is 0 Å². The highest BCUT2D eigenvalue weighted by molar-refractivity contribution is 6.02. The zero-order chi connectivity index (χ0) is 22.2. The van der Waals surface area contributed by atoms with Crippen molar-refractivity contribution in [2.24, 2.45) is 0 Å². The number of fused-ring (bicyclic) bond motifs is 1. The number of nitrogens with zero attached hydrogens (tertiary/aromatic N) is 1. The lowest BCUT2D eigenvalue weighted by atomic mass is 10.0. The molecule has 31 heavy (non-hydrogen) atoms. The summed E-state index contributed by atoms with van der Waals surface area (Å²) in [5, 5.41) is 8.84. The predicted octanol–water partition coefficient (Wildman–Crippen LogP) is 5.88. The number of hydrogen-bond acceptors (Lipinski definition) is 4. The third-order valence-electron chi connectivity index (χ3n) is 4.51. The molecule has 0 aliphatic carbocycles. The zero-order valence-electron chi connectivity index (χ0n) is 15.6. The van der Waals surface area contributed by atoms with Gasteiger partial charge in [0, 0.05) is 11.4 Å². The third kappa shape index (κ3) is 4.13. The van der Waals surface area contributed by atoms with Gasteiger partial charge in [0.25, 0.3) is 0 Å². The summed E-state index contributed by atoms with van der Waals surface area (Å²) in [4.78, 5) is 12.1. The van der Waals surface area contributed by atoms with E-state index >= 15 is 0 Å². The van der Waals surface area contributed by atoms with E-state index < -0.39 is 23.6 Å². The second-order valence-corrected chi connectivity index (χ2v) is 6.60. The Morgan fingerprint density at radius 1 is 0.968 bits per heavy atom. The molecule has 6 nitrogen and oxygen atoms in total. The monoisotopic (exact) mass is 430 g/mol. The minimum atomic E-state index is -4.51. The van der Waals surface area contributed by atoms with Crippen LogP contribution in [0.25, 0.3) is 22.0 Å². The summed E-state index contributed by atoms with van der Waals surface area (Å²) < 4.78 is 57.1. The third-order valence-corrected chi connectivity index (χ3v) is 4.51. The number of anilines is 3. The quantitative estimate of drug-likeness (QED) is 0.354. The number of amides is 2. The maximum absolute atomic E-state index is 13.9. The van der Waals surface area contributed by atoms with E-state index in [2.05, 4.69) is 15.8 Å². The molecule has 2 amide bonds. The molecule has 10 heteroatoms. The Morgan fingerprint density at radius 3 is 2.39 bits per heavy atom. The van der Waals surface area contributed by atoms with Gasteiger partial charge in [-0.1, -0.05) is 29.4 Å². The second-order valence-electron chi connectivity index (χ2n) is 6.60. The summed E-state index contributed by atoms with van der Waals surface area (Å²) in [6.45, 7) is 0. The van der Waals surface area contributed by atoms with E-state index in [4.69, 9.17) is 10.3 Å². The molecular weight excluding hydrogens is 416 g/mol. The lowest BCUT2D eigenvalue weighted by molar-refractivity contribution is -0.137.